The smallest absolute Gasteiger partial charge is 0.243 e. The largest absolute Gasteiger partial charge is 0.325 e. The van der Waals surface area contributed by atoms with Gasteiger partial charge in [0.15, 0.2) is 0 Å². The number of nitrogens with one attached hydrogen (secondary N) is 1. The lowest BCUT2D eigenvalue weighted by Crippen LogP contribution is -2.43. The summed E-state index contributed by atoms with van der Waals surface area (Å²) in [4.78, 5) is 17.4. The third kappa shape index (κ3) is 3.65. The minimum Gasteiger partial charge on any atom is -0.325 e. The van der Waals surface area contributed by atoms with Gasteiger partial charge in [0.2, 0.25) is 15.9 Å². The number of hydrogen-bond acceptors (Lipinski definition) is 5. The van der Waals surface area contributed by atoms with Crippen molar-refractivity contribution in [1.29, 1.82) is 0 Å². The van der Waals surface area contributed by atoms with Crippen molar-refractivity contribution >= 4 is 54.8 Å². The van der Waals surface area contributed by atoms with Gasteiger partial charge in [0, 0.05) is 17.3 Å². The predicted molar refractivity (Wildman–Crippen MR) is 111 cm³/mol. The quantitative estimate of drug-likeness (QED) is 0.670. The molecule has 6 nitrogen and oxygen atoms in total. The van der Waals surface area contributed by atoms with Crippen LogP contribution in [0.1, 0.15) is 17.8 Å². The van der Waals surface area contributed by atoms with Gasteiger partial charge in [-0.3, -0.25) is 4.79 Å². The van der Waals surface area contributed by atoms with E-state index < -0.39 is 16.1 Å². The summed E-state index contributed by atoms with van der Waals surface area (Å²) in [6.07, 6.45) is 1.12. The van der Waals surface area contributed by atoms with E-state index in [0.29, 0.717) is 30.1 Å². The molecular weight excluding hydrogens is 418 g/mol. The molecule has 2 heterocycles. The highest BCUT2D eigenvalue weighted by Crippen LogP contribution is 2.29. The van der Waals surface area contributed by atoms with Gasteiger partial charge in [0.05, 0.1) is 20.1 Å². The number of nitrogens with zero attached hydrogens (tertiary/aromatic N) is 2. The Morgan fingerprint density at radius 2 is 2.00 bits per heavy atom. The topological polar surface area (TPSA) is 79.4 Å². The molecule has 1 saturated heterocycles. The van der Waals surface area contributed by atoms with Gasteiger partial charge in [-0.15, -0.1) is 11.3 Å². The Labute approximate surface area is 172 Å². The van der Waals surface area contributed by atoms with Crippen molar-refractivity contribution in [2.75, 3.05) is 11.9 Å². The molecule has 28 heavy (non-hydrogen) atoms. The molecule has 1 amide bonds. The molecule has 2 aromatic carbocycles. The van der Waals surface area contributed by atoms with Gasteiger partial charge in [-0.1, -0.05) is 11.6 Å². The Balaban J connectivity index is 1.56. The maximum absolute atomic E-state index is 13.0. The summed E-state index contributed by atoms with van der Waals surface area (Å²) in [7, 11) is -3.77. The molecule has 0 bridgehead atoms. The van der Waals surface area contributed by atoms with E-state index in [1.165, 1.54) is 28.6 Å². The Morgan fingerprint density at radius 1 is 1.25 bits per heavy atom. The molecular formula is C19H18ClN3O3S2. The van der Waals surface area contributed by atoms with Crippen LogP contribution in [0.4, 0.5) is 5.69 Å². The monoisotopic (exact) mass is 435 g/mol. The van der Waals surface area contributed by atoms with E-state index in [9.17, 15) is 13.2 Å². The molecule has 1 aliphatic rings. The van der Waals surface area contributed by atoms with E-state index in [2.05, 4.69) is 10.3 Å². The number of amides is 1. The molecule has 1 aromatic heterocycles. The molecule has 1 unspecified atom stereocenters. The fourth-order valence-corrected chi connectivity index (χ4v) is 6.02. The molecule has 1 fully saturated rings. The van der Waals surface area contributed by atoms with Crippen LogP contribution in [0.5, 0.6) is 0 Å². The molecule has 0 spiro atoms. The first kappa shape index (κ1) is 19.3. The summed E-state index contributed by atoms with van der Waals surface area (Å²) in [5.74, 6) is -0.323. The summed E-state index contributed by atoms with van der Waals surface area (Å²) in [5, 5.41) is 4.28. The van der Waals surface area contributed by atoms with Gasteiger partial charge in [-0.05, 0) is 62.2 Å². The number of halogens is 1. The SMILES string of the molecule is Cc1nc2ccc(NC(=O)C3CCCN3S(=O)(=O)c3ccc(Cl)cc3)cc2s1. The summed E-state index contributed by atoms with van der Waals surface area (Å²) < 4.78 is 28.2. The number of aryl methyl sites for hydroxylation is 1. The second-order valence-corrected chi connectivity index (χ2v) is 10.2. The van der Waals surface area contributed by atoms with Gasteiger partial charge in [0.1, 0.15) is 6.04 Å². The van der Waals surface area contributed by atoms with E-state index in [4.69, 9.17) is 11.6 Å². The van der Waals surface area contributed by atoms with E-state index in [0.717, 1.165) is 15.2 Å². The first-order valence-corrected chi connectivity index (χ1v) is 11.4. The molecule has 4 rings (SSSR count). The normalized spacial score (nSPS) is 17.9. The molecule has 3 aromatic rings. The lowest BCUT2D eigenvalue weighted by atomic mass is 10.2. The highest BCUT2D eigenvalue weighted by atomic mass is 35.5. The zero-order valence-corrected chi connectivity index (χ0v) is 17.4. The fraction of sp³-hybridized carbons (Fsp3) is 0.263. The van der Waals surface area contributed by atoms with Crippen LogP contribution in [0.2, 0.25) is 5.02 Å². The lowest BCUT2D eigenvalue weighted by molar-refractivity contribution is -0.119. The van der Waals surface area contributed by atoms with Gasteiger partial charge in [-0.2, -0.15) is 4.31 Å². The highest BCUT2D eigenvalue weighted by Gasteiger charge is 2.39. The highest BCUT2D eigenvalue weighted by molar-refractivity contribution is 7.89. The number of carbonyl (C=O) groups excluding carboxylic acids is 1. The summed E-state index contributed by atoms with van der Waals surface area (Å²) >= 11 is 7.41. The van der Waals surface area contributed by atoms with Crippen LogP contribution >= 0.6 is 22.9 Å². The van der Waals surface area contributed by atoms with Crippen LogP contribution < -0.4 is 5.32 Å². The second-order valence-electron chi connectivity index (χ2n) is 6.63. The zero-order valence-electron chi connectivity index (χ0n) is 15.1. The molecule has 1 atom stereocenters. The van der Waals surface area contributed by atoms with Crippen molar-refractivity contribution in [1.82, 2.24) is 9.29 Å². The second kappa shape index (κ2) is 7.44. The summed E-state index contributed by atoms with van der Waals surface area (Å²) in [5.41, 5.74) is 1.52. The Kier molecular flexibility index (Phi) is 5.13. The van der Waals surface area contributed by atoms with Gasteiger partial charge >= 0.3 is 0 Å². The number of sulfonamides is 1. The van der Waals surface area contributed by atoms with Gasteiger partial charge < -0.3 is 5.32 Å². The predicted octanol–water partition coefficient (Wildman–Crippen LogP) is 4.05. The van der Waals surface area contributed by atoms with Crippen molar-refractivity contribution in [3.8, 4) is 0 Å². The third-order valence-corrected chi connectivity index (χ3v) is 7.80. The Hall–Kier alpha value is -2.00. The number of aromatic nitrogens is 1. The third-order valence-electron chi connectivity index (χ3n) is 4.69. The van der Waals surface area contributed by atoms with Crippen molar-refractivity contribution in [3.05, 3.63) is 52.5 Å². The van der Waals surface area contributed by atoms with Crippen molar-refractivity contribution in [2.45, 2.75) is 30.7 Å². The summed E-state index contributed by atoms with van der Waals surface area (Å²) in [6.45, 7) is 2.25. The maximum atomic E-state index is 13.0. The lowest BCUT2D eigenvalue weighted by Gasteiger charge is -2.23. The number of hydrogen-bond donors (Lipinski definition) is 1. The average Bonchev–Trinajstić information content (AvgIpc) is 3.28. The molecule has 0 saturated carbocycles. The van der Waals surface area contributed by atoms with E-state index in [1.54, 1.807) is 17.4 Å². The fourth-order valence-electron chi connectivity index (χ4n) is 3.37. The number of anilines is 1. The molecule has 1 N–H and O–H groups in total. The van der Waals surface area contributed by atoms with Crippen LogP contribution in [0.25, 0.3) is 10.2 Å². The summed E-state index contributed by atoms with van der Waals surface area (Å²) in [6, 6.07) is 10.8. The van der Waals surface area contributed by atoms with Crippen molar-refractivity contribution < 1.29 is 13.2 Å². The number of fused-ring (bicyclic) bond motifs is 1. The minimum absolute atomic E-state index is 0.137. The molecule has 1 aliphatic heterocycles. The first-order chi connectivity index (χ1) is 13.3. The van der Waals surface area contributed by atoms with Crippen LogP contribution in [-0.4, -0.2) is 36.2 Å². The van der Waals surface area contributed by atoms with Gasteiger partial charge in [-0.25, -0.2) is 13.4 Å². The molecule has 146 valence electrons. The molecule has 0 radical (unpaired) electrons. The maximum Gasteiger partial charge on any atom is 0.243 e. The zero-order chi connectivity index (χ0) is 19.9. The van der Waals surface area contributed by atoms with Gasteiger partial charge in [0.25, 0.3) is 0 Å². The number of rotatable bonds is 4. The standard InChI is InChI=1S/C19H18ClN3O3S2/c1-12-21-16-9-6-14(11-18(16)27-12)22-19(24)17-3-2-10-23(17)28(25,26)15-7-4-13(20)5-8-15/h4-9,11,17H,2-3,10H2,1H3,(H,22,24). The van der Waals surface area contributed by atoms with Crippen LogP contribution in [0.15, 0.2) is 47.4 Å². The van der Waals surface area contributed by atoms with E-state index >= 15 is 0 Å². The average molecular weight is 436 g/mol. The van der Waals surface area contributed by atoms with Crippen LogP contribution in [0, 0.1) is 6.92 Å². The van der Waals surface area contributed by atoms with Crippen molar-refractivity contribution in [3.63, 3.8) is 0 Å². The van der Waals surface area contributed by atoms with Crippen molar-refractivity contribution in [2.24, 2.45) is 0 Å². The Bertz CT molecular complexity index is 1140. The number of thiazole rings is 1. The molecule has 9 heteroatoms. The number of carbonyl (C=O) groups is 1. The first-order valence-electron chi connectivity index (χ1n) is 8.80. The number of benzene rings is 2. The molecule has 0 aliphatic carbocycles. The Morgan fingerprint density at radius 3 is 2.75 bits per heavy atom. The van der Waals surface area contributed by atoms with Crippen LogP contribution in [-0.2, 0) is 14.8 Å². The minimum atomic E-state index is -3.77. The van der Waals surface area contributed by atoms with E-state index in [-0.39, 0.29) is 10.8 Å². The van der Waals surface area contributed by atoms with E-state index in [1.807, 2.05) is 19.1 Å². The van der Waals surface area contributed by atoms with Crippen LogP contribution in [0.3, 0.4) is 0 Å².